The van der Waals surface area contributed by atoms with Crippen molar-refractivity contribution >= 4 is 11.4 Å². The largest absolute Gasteiger partial charge is 0.352 e. The minimum atomic E-state index is 0.264. The van der Waals surface area contributed by atoms with Gasteiger partial charge in [-0.2, -0.15) is 0 Å². The van der Waals surface area contributed by atoms with E-state index in [9.17, 15) is 0 Å². The van der Waals surface area contributed by atoms with Gasteiger partial charge in [-0.05, 0) is 19.4 Å². The normalized spacial score (nSPS) is 20.4. The molecule has 0 N–H and O–H groups in total. The van der Waals surface area contributed by atoms with E-state index >= 15 is 0 Å². The lowest BCUT2D eigenvalue weighted by molar-refractivity contribution is 0.710. The highest BCUT2D eigenvalue weighted by molar-refractivity contribution is 6.06. The van der Waals surface area contributed by atoms with Crippen molar-refractivity contribution in [2.24, 2.45) is 4.99 Å². The Balaban J connectivity index is 2.55. The molecule has 1 aromatic rings. The third kappa shape index (κ3) is 1.31. The first-order chi connectivity index (χ1) is 6.74. The third-order valence-electron chi connectivity index (χ3n) is 2.83. The number of hydrogen-bond acceptors (Lipinski definition) is 2. The van der Waals surface area contributed by atoms with Crippen LogP contribution in [0, 0.1) is 0 Å². The molecule has 14 heavy (non-hydrogen) atoms. The average Bonchev–Trinajstić information content (AvgIpc) is 2.23. The van der Waals surface area contributed by atoms with Gasteiger partial charge in [0.2, 0.25) is 0 Å². The summed E-state index contributed by atoms with van der Waals surface area (Å²) in [6, 6.07) is 8.48. The van der Waals surface area contributed by atoms with Gasteiger partial charge in [-0.25, -0.2) is 0 Å². The summed E-state index contributed by atoms with van der Waals surface area (Å²) >= 11 is 0. The zero-order valence-electron chi connectivity index (χ0n) is 8.99. The van der Waals surface area contributed by atoms with Gasteiger partial charge in [0.1, 0.15) is 6.17 Å². The lowest BCUT2D eigenvalue weighted by atomic mass is 10.0. The Morgan fingerprint density at radius 3 is 2.79 bits per heavy atom. The van der Waals surface area contributed by atoms with E-state index in [0.717, 1.165) is 6.42 Å². The summed E-state index contributed by atoms with van der Waals surface area (Å²) in [5.74, 6) is 0. The van der Waals surface area contributed by atoms with Crippen LogP contribution in [0.5, 0.6) is 0 Å². The van der Waals surface area contributed by atoms with Crippen LogP contribution < -0.4 is 4.90 Å². The minimum Gasteiger partial charge on any atom is -0.352 e. The second-order valence-electron chi connectivity index (χ2n) is 3.69. The van der Waals surface area contributed by atoms with Crippen LogP contribution in [0.4, 0.5) is 5.69 Å². The van der Waals surface area contributed by atoms with E-state index in [0.29, 0.717) is 0 Å². The van der Waals surface area contributed by atoms with Crippen molar-refractivity contribution in [1.82, 2.24) is 0 Å². The van der Waals surface area contributed by atoms with Gasteiger partial charge in [0.25, 0.3) is 0 Å². The standard InChI is InChI=1S/C12H16N2/c1-4-11-10-7-5-6-8-12(10)14(3)9(2)13-11/h5-9H,4H2,1-3H3/t9-/m1/s1. The Hall–Kier alpha value is -1.31. The van der Waals surface area contributed by atoms with Crippen LogP contribution in [0.25, 0.3) is 0 Å². The van der Waals surface area contributed by atoms with E-state index in [1.807, 2.05) is 0 Å². The highest BCUT2D eigenvalue weighted by Gasteiger charge is 2.20. The molecule has 0 bridgehead atoms. The molecule has 0 radical (unpaired) electrons. The van der Waals surface area contributed by atoms with Crippen molar-refractivity contribution < 1.29 is 0 Å². The van der Waals surface area contributed by atoms with Crippen molar-refractivity contribution in [3.63, 3.8) is 0 Å². The van der Waals surface area contributed by atoms with Crippen molar-refractivity contribution in [3.05, 3.63) is 29.8 Å². The van der Waals surface area contributed by atoms with E-state index < -0.39 is 0 Å². The van der Waals surface area contributed by atoms with Gasteiger partial charge < -0.3 is 4.90 Å². The molecule has 0 aromatic heterocycles. The van der Waals surface area contributed by atoms with Gasteiger partial charge in [0.15, 0.2) is 0 Å². The summed E-state index contributed by atoms with van der Waals surface area (Å²) in [7, 11) is 2.10. The molecule has 1 aliphatic heterocycles. The van der Waals surface area contributed by atoms with Crippen molar-refractivity contribution in [2.45, 2.75) is 26.4 Å². The molecule has 0 fully saturated rings. The monoisotopic (exact) mass is 188 g/mol. The molecule has 1 heterocycles. The summed E-state index contributed by atoms with van der Waals surface area (Å²) in [4.78, 5) is 6.88. The maximum Gasteiger partial charge on any atom is 0.118 e. The van der Waals surface area contributed by atoms with Gasteiger partial charge in [0, 0.05) is 24.0 Å². The zero-order valence-corrected chi connectivity index (χ0v) is 8.99. The third-order valence-corrected chi connectivity index (χ3v) is 2.83. The fourth-order valence-electron chi connectivity index (χ4n) is 1.89. The molecule has 0 amide bonds. The Morgan fingerprint density at radius 1 is 1.36 bits per heavy atom. The lowest BCUT2D eigenvalue weighted by Crippen LogP contribution is -2.33. The molecule has 2 heteroatoms. The van der Waals surface area contributed by atoms with E-state index in [-0.39, 0.29) is 6.17 Å². The van der Waals surface area contributed by atoms with Crippen LogP contribution >= 0.6 is 0 Å². The predicted molar refractivity (Wildman–Crippen MR) is 61.1 cm³/mol. The SMILES string of the molecule is CCC1=N[C@@H](C)N(C)c2ccccc21. The Morgan fingerprint density at radius 2 is 2.07 bits per heavy atom. The molecule has 0 saturated carbocycles. The van der Waals surface area contributed by atoms with Crippen molar-refractivity contribution in [2.75, 3.05) is 11.9 Å². The molecule has 1 atom stereocenters. The van der Waals surface area contributed by atoms with E-state index in [1.165, 1.54) is 17.0 Å². The zero-order chi connectivity index (χ0) is 10.1. The molecule has 0 spiro atoms. The molecule has 1 aromatic carbocycles. The van der Waals surface area contributed by atoms with Crippen molar-refractivity contribution in [3.8, 4) is 0 Å². The number of fused-ring (bicyclic) bond motifs is 1. The Labute approximate surface area is 85.3 Å². The number of aliphatic imine (C=N–C) groups is 1. The maximum absolute atomic E-state index is 4.67. The van der Waals surface area contributed by atoms with Crippen LogP contribution in [0.2, 0.25) is 0 Å². The smallest absolute Gasteiger partial charge is 0.118 e. The number of para-hydroxylation sites is 1. The van der Waals surface area contributed by atoms with Crippen LogP contribution in [0.15, 0.2) is 29.3 Å². The topological polar surface area (TPSA) is 15.6 Å². The van der Waals surface area contributed by atoms with Crippen LogP contribution in [-0.2, 0) is 0 Å². The second kappa shape index (κ2) is 3.45. The first-order valence-corrected chi connectivity index (χ1v) is 5.13. The van der Waals surface area contributed by atoms with Gasteiger partial charge in [-0.15, -0.1) is 0 Å². The summed E-state index contributed by atoms with van der Waals surface area (Å²) in [6.07, 6.45) is 1.27. The number of nitrogens with zero attached hydrogens (tertiary/aromatic N) is 2. The average molecular weight is 188 g/mol. The summed E-state index contributed by atoms with van der Waals surface area (Å²) in [6.45, 7) is 4.29. The van der Waals surface area contributed by atoms with Crippen LogP contribution in [0.3, 0.4) is 0 Å². The van der Waals surface area contributed by atoms with E-state index in [2.05, 4.69) is 55.1 Å². The molecule has 0 saturated heterocycles. The first-order valence-electron chi connectivity index (χ1n) is 5.13. The molecule has 2 nitrogen and oxygen atoms in total. The van der Waals surface area contributed by atoms with Crippen LogP contribution in [0.1, 0.15) is 25.8 Å². The molecule has 1 aliphatic rings. The maximum atomic E-state index is 4.67. The van der Waals surface area contributed by atoms with Crippen LogP contribution in [-0.4, -0.2) is 18.9 Å². The summed E-state index contributed by atoms with van der Waals surface area (Å²) in [5.41, 5.74) is 3.81. The molecule has 2 rings (SSSR count). The Kier molecular flexibility index (Phi) is 2.28. The molecule has 74 valence electrons. The van der Waals surface area contributed by atoms with E-state index in [4.69, 9.17) is 0 Å². The fraction of sp³-hybridized carbons (Fsp3) is 0.417. The Bertz CT molecular complexity index is 368. The fourth-order valence-corrected chi connectivity index (χ4v) is 1.89. The molecular formula is C12H16N2. The summed E-state index contributed by atoms with van der Waals surface area (Å²) in [5, 5.41) is 0. The van der Waals surface area contributed by atoms with Gasteiger partial charge in [-0.1, -0.05) is 25.1 Å². The molecule has 0 aliphatic carbocycles. The molecular weight excluding hydrogens is 172 g/mol. The number of rotatable bonds is 1. The summed E-state index contributed by atoms with van der Waals surface area (Å²) < 4.78 is 0. The second-order valence-corrected chi connectivity index (χ2v) is 3.69. The van der Waals surface area contributed by atoms with Gasteiger partial charge >= 0.3 is 0 Å². The van der Waals surface area contributed by atoms with Crippen molar-refractivity contribution in [1.29, 1.82) is 0 Å². The quantitative estimate of drug-likeness (QED) is 0.661. The minimum absolute atomic E-state index is 0.264. The number of hydrogen-bond donors (Lipinski definition) is 0. The first kappa shape index (κ1) is 9.25. The van der Waals surface area contributed by atoms with Gasteiger partial charge in [-0.3, -0.25) is 4.99 Å². The lowest BCUT2D eigenvalue weighted by Gasteiger charge is -2.31. The molecule has 0 unspecified atom stereocenters. The van der Waals surface area contributed by atoms with E-state index in [1.54, 1.807) is 0 Å². The highest BCUT2D eigenvalue weighted by Crippen LogP contribution is 2.27. The predicted octanol–water partition coefficient (Wildman–Crippen LogP) is 2.68. The highest BCUT2D eigenvalue weighted by atomic mass is 15.2. The number of benzene rings is 1. The van der Waals surface area contributed by atoms with Gasteiger partial charge in [0.05, 0.1) is 0 Å². The number of anilines is 1.